The number of para-hydroxylation sites is 1. The lowest BCUT2D eigenvalue weighted by Crippen LogP contribution is -2.28. The van der Waals surface area contributed by atoms with Crippen molar-refractivity contribution in [3.8, 4) is 0 Å². The van der Waals surface area contributed by atoms with Gasteiger partial charge in [-0.25, -0.2) is 4.79 Å². The van der Waals surface area contributed by atoms with Gasteiger partial charge in [-0.2, -0.15) is 0 Å². The van der Waals surface area contributed by atoms with Gasteiger partial charge in [0.15, 0.2) is 0 Å². The topological polar surface area (TPSA) is 74.3 Å². The Morgan fingerprint density at radius 2 is 2.04 bits per heavy atom. The Labute approximate surface area is 150 Å². The molecule has 2 aromatic carbocycles. The molecule has 2 N–H and O–H groups in total. The number of anilines is 2. The molecule has 3 amide bonds. The highest BCUT2D eigenvalue weighted by Gasteiger charge is 2.23. The van der Waals surface area contributed by atoms with E-state index in [0.29, 0.717) is 24.3 Å². The lowest BCUT2D eigenvalue weighted by molar-refractivity contribution is 0.102. The molecule has 1 fully saturated rings. The Kier molecular flexibility index (Phi) is 4.01. The summed E-state index contributed by atoms with van der Waals surface area (Å²) in [4.78, 5) is 30.4. The Morgan fingerprint density at radius 3 is 2.81 bits per heavy atom. The van der Waals surface area contributed by atoms with Gasteiger partial charge >= 0.3 is 6.03 Å². The van der Waals surface area contributed by atoms with Gasteiger partial charge in [-0.1, -0.05) is 18.2 Å². The van der Waals surface area contributed by atoms with Crippen LogP contribution in [0.4, 0.5) is 16.2 Å². The van der Waals surface area contributed by atoms with Crippen LogP contribution in [0.15, 0.2) is 54.7 Å². The highest BCUT2D eigenvalue weighted by atomic mass is 16.2. The first-order chi connectivity index (χ1) is 12.6. The molecule has 0 spiro atoms. The first kappa shape index (κ1) is 16.1. The molecule has 0 unspecified atom stereocenters. The van der Waals surface area contributed by atoms with Gasteiger partial charge < -0.3 is 10.6 Å². The van der Waals surface area contributed by atoms with Crippen LogP contribution in [0.1, 0.15) is 15.9 Å². The Hall–Kier alpha value is -3.41. The largest absolute Gasteiger partial charge is 0.336 e. The quantitative estimate of drug-likeness (QED) is 0.764. The number of amides is 3. The molecule has 2 heterocycles. The van der Waals surface area contributed by atoms with Crippen molar-refractivity contribution in [1.29, 1.82) is 0 Å². The molecule has 26 heavy (non-hydrogen) atoms. The lowest BCUT2D eigenvalue weighted by atomic mass is 10.1. The van der Waals surface area contributed by atoms with E-state index in [4.69, 9.17) is 0 Å². The van der Waals surface area contributed by atoms with E-state index in [0.717, 1.165) is 22.2 Å². The summed E-state index contributed by atoms with van der Waals surface area (Å²) < 4.78 is 0. The van der Waals surface area contributed by atoms with Gasteiger partial charge in [0.2, 0.25) is 0 Å². The summed E-state index contributed by atoms with van der Waals surface area (Å²) in [5, 5.41) is 6.63. The molecular formula is C20H18N4O2. The zero-order valence-corrected chi connectivity index (χ0v) is 14.3. The average molecular weight is 346 g/mol. The summed E-state index contributed by atoms with van der Waals surface area (Å²) in [6, 6.07) is 14.9. The molecule has 0 saturated carbocycles. The number of fused-ring (bicyclic) bond motifs is 1. The minimum Gasteiger partial charge on any atom is -0.336 e. The van der Waals surface area contributed by atoms with Crippen molar-refractivity contribution in [3.63, 3.8) is 0 Å². The van der Waals surface area contributed by atoms with Gasteiger partial charge in [-0.3, -0.25) is 14.7 Å². The fourth-order valence-corrected chi connectivity index (χ4v) is 3.14. The molecule has 1 aliphatic heterocycles. The van der Waals surface area contributed by atoms with Crippen molar-refractivity contribution >= 4 is 34.2 Å². The monoisotopic (exact) mass is 346 g/mol. The number of aryl methyl sites for hydroxylation is 1. The summed E-state index contributed by atoms with van der Waals surface area (Å²) in [7, 11) is 0. The van der Waals surface area contributed by atoms with Crippen molar-refractivity contribution in [2.45, 2.75) is 6.92 Å². The van der Waals surface area contributed by atoms with Crippen molar-refractivity contribution in [2.75, 3.05) is 23.3 Å². The van der Waals surface area contributed by atoms with Crippen LogP contribution < -0.4 is 15.5 Å². The predicted molar refractivity (Wildman–Crippen MR) is 102 cm³/mol. The standard InChI is InChI=1S/C20H18N4O2/c1-13-10-15(6-7-18(13)24-9-8-21-20(24)26)19(25)23-16-11-14-4-2-3-5-17(14)22-12-16/h2-7,10-12H,8-9H2,1H3,(H,21,26)(H,23,25). The van der Waals surface area contributed by atoms with Crippen molar-refractivity contribution < 1.29 is 9.59 Å². The molecule has 1 aliphatic rings. The van der Waals surface area contributed by atoms with E-state index in [2.05, 4.69) is 15.6 Å². The molecule has 1 saturated heterocycles. The summed E-state index contributed by atoms with van der Waals surface area (Å²) in [5.41, 5.74) is 3.78. The highest BCUT2D eigenvalue weighted by molar-refractivity contribution is 6.05. The van der Waals surface area contributed by atoms with Gasteiger partial charge in [0.05, 0.1) is 17.4 Å². The number of carbonyl (C=O) groups excluding carboxylic acids is 2. The number of hydrogen-bond donors (Lipinski definition) is 2. The number of nitrogens with zero attached hydrogens (tertiary/aromatic N) is 2. The van der Waals surface area contributed by atoms with E-state index >= 15 is 0 Å². The zero-order valence-electron chi connectivity index (χ0n) is 14.3. The molecule has 4 rings (SSSR count). The fourth-order valence-electron chi connectivity index (χ4n) is 3.14. The lowest BCUT2D eigenvalue weighted by Gasteiger charge is -2.17. The molecule has 6 nitrogen and oxygen atoms in total. The van der Waals surface area contributed by atoms with Crippen LogP contribution in [0.3, 0.4) is 0 Å². The van der Waals surface area contributed by atoms with Crippen LogP contribution in [0.5, 0.6) is 0 Å². The molecule has 3 aromatic rings. The van der Waals surface area contributed by atoms with Crippen LogP contribution in [0.2, 0.25) is 0 Å². The molecule has 6 heteroatoms. The predicted octanol–water partition coefficient (Wildman–Crippen LogP) is 3.33. The number of hydrogen-bond acceptors (Lipinski definition) is 3. The first-order valence-electron chi connectivity index (χ1n) is 8.44. The number of nitrogens with one attached hydrogen (secondary N) is 2. The van der Waals surface area contributed by atoms with Crippen molar-refractivity contribution in [3.05, 3.63) is 65.9 Å². The fraction of sp³-hybridized carbons (Fsp3) is 0.150. The van der Waals surface area contributed by atoms with Crippen LogP contribution >= 0.6 is 0 Å². The summed E-state index contributed by atoms with van der Waals surface area (Å²) in [6.07, 6.45) is 1.65. The maximum atomic E-state index is 12.6. The SMILES string of the molecule is Cc1cc(C(=O)Nc2cnc3ccccc3c2)ccc1N1CCNC1=O. The third-order valence-corrected chi connectivity index (χ3v) is 4.45. The van der Waals surface area contributed by atoms with Crippen molar-refractivity contribution in [2.24, 2.45) is 0 Å². The molecule has 0 atom stereocenters. The second-order valence-electron chi connectivity index (χ2n) is 6.26. The average Bonchev–Trinajstić information content (AvgIpc) is 3.07. The minimum atomic E-state index is -0.206. The van der Waals surface area contributed by atoms with Crippen LogP contribution in [0, 0.1) is 6.92 Å². The Bertz CT molecular complexity index is 1020. The third kappa shape index (κ3) is 2.97. The van der Waals surface area contributed by atoms with Gasteiger partial charge in [0.1, 0.15) is 0 Å². The van der Waals surface area contributed by atoms with E-state index in [1.807, 2.05) is 43.3 Å². The minimum absolute atomic E-state index is 0.104. The zero-order chi connectivity index (χ0) is 18.1. The van der Waals surface area contributed by atoms with Crippen LogP contribution in [0.25, 0.3) is 10.9 Å². The van der Waals surface area contributed by atoms with Gasteiger partial charge in [-0.15, -0.1) is 0 Å². The number of carbonyl (C=O) groups is 2. The van der Waals surface area contributed by atoms with E-state index in [9.17, 15) is 9.59 Å². The molecular weight excluding hydrogens is 328 g/mol. The second kappa shape index (κ2) is 6.48. The van der Waals surface area contributed by atoms with E-state index in [-0.39, 0.29) is 11.9 Å². The van der Waals surface area contributed by atoms with Crippen LogP contribution in [-0.4, -0.2) is 30.0 Å². The number of benzene rings is 2. The number of pyridine rings is 1. The van der Waals surface area contributed by atoms with E-state index in [1.54, 1.807) is 23.2 Å². The smallest absolute Gasteiger partial charge is 0.322 e. The summed E-state index contributed by atoms with van der Waals surface area (Å²) in [5.74, 6) is -0.206. The van der Waals surface area contributed by atoms with Gasteiger partial charge in [-0.05, 0) is 42.8 Å². The van der Waals surface area contributed by atoms with E-state index < -0.39 is 0 Å². The summed E-state index contributed by atoms with van der Waals surface area (Å²) in [6.45, 7) is 3.17. The highest BCUT2D eigenvalue weighted by Crippen LogP contribution is 2.23. The number of rotatable bonds is 3. The Morgan fingerprint density at radius 1 is 1.19 bits per heavy atom. The molecule has 0 radical (unpaired) electrons. The number of urea groups is 1. The van der Waals surface area contributed by atoms with Crippen LogP contribution in [-0.2, 0) is 0 Å². The molecule has 130 valence electrons. The second-order valence-corrected chi connectivity index (χ2v) is 6.26. The third-order valence-electron chi connectivity index (χ3n) is 4.45. The Balaban J connectivity index is 1.55. The summed E-state index contributed by atoms with van der Waals surface area (Å²) >= 11 is 0. The molecule has 0 aliphatic carbocycles. The van der Waals surface area contributed by atoms with Crippen molar-refractivity contribution in [1.82, 2.24) is 10.3 Å². The normalized spacial score (nSPS) is 13.7. The molecule has 1 aromatic heterocycles. The first-order valence-corrected chi connectivity index (χ1v) is 8.44. The number of aromatic nitrogens is 1. The molecule has 0 bridgehead atoms. The van der Waals surface area contributed by atoms with Gasteiger partial charge in [0, 0.05) is 29.7 Å². The van der Waals surface area contributed by atoms with Gasteiger partial charge in [0.25, 0.3) is 5.91 Å². The van der Waals surface area contributed by atoms with E-state index in [1.165, 1.54) is 0 Å². The maximum Gasteiger partial charge on any atom is 0.322 e. The maximum absolute atomic E-state index is 12.6.